The Balaban J connectivity index is 1.69. The summed E-state index contributed by atoms with van der Waals surface area (Å²) in [7, 11) is 3.28. The third kappa shape index (κ3) is 3.81. The molecule has 1 amide bonds. The van der Waals surface area contributed by atoms with Crippen molar-refractivity contribution >= 4 is 11.6 Å². The Morgan fingerprint density at radius 1 is 1.07 bits per heavy atom. The summed E-state index contributed by atoms with van der Waals surface area (Å²) >= 11 is 0. The van der Waals surface area contributed by atoms with Gasteiger partial charge in [-0.2, -0.15) is 5.10 Å². The van der Waals surface area contributed by atoms with Crippen molar-refractivity contribution in [2.24, 2.45) is 7.05 Å². The van der Waals surface area contributed by atoms with Crippen molar-refractivity contribution in [2.45, 2.75) is 0 Å². The van der Waals surface area contributed by atoms with Crippen LogP contribution in [0.25, 0.3) is 22.6 Å². The minimum atomic E-state index is -0.405. The zero-order valence-corrected chi connectivity index (χ0v) is 15.9. The highest BCUT2D eigenvalue weighted by Crippen LogP contribution is 2.27. The van der Waals surface area contributed by atoms with Crippen LogP contribution in [-0.2, 0) is 7.05 Å². The van der Waals surface area contributed by atoms with Crippen LogP contribution in [-0.4, -0.2) is 37.7 Å². The van der Waals surface area contributed by atoms with Crippen molar-refractivity contribution in [1.29, 1.82) is 0 Å². The molecule has 0 aliphatic heterocycles. The second-order valence-electron chi connectivity index (χ2n) is 6.22. The Morgan fingerprint density at radius 2 is 1.97 bits per heavy atom. The molecule has 0 unspecified atom stereocenters. The molecule has 4 aromatic heterocycles. The van der Waals surface area contributed by atoms with Crippen LogP contribution in [0, 0.1) is 0 Å². The topological polar surface area (TPSA) is 94.8 Å². The summed E-state index contributed by atoms with van der Waals surface area (Å²) < 4.78 is 6.96. The molecule has 0 spiro atoms. The molecule has 0 saturated carbocycles. The first kappa shape index (κ1) is 18.3. The number of methoxy groups -OCH3 is 1. The van der Waals surface area contributed by atoms with E-state index in [9.17, 15) is 4.79 Å². The number of carbonyl (C=O) groups is 1. The Labute approximate surface area is 167 Å². The van der Waals surface area contributed by atoms with Crippen LogP contribution in [0.2, 0.25) is 0 Å². The van der Waals surface area contributed by atoms with Gasteiger partial charge in [-0.25, -0.2) is 4.98 Å². The van der Waals surface area contributed by atoms with Gasteiger partial charge in [-0.1, -0.05) is 6.07 Å². The van der Waals surface area contributed by atoms with Crippen molar-refractivity contribution < 1.29 is 9.53 Å². The second kappa shape index (κ2) is 7.89. The predicted octanol–water partition coefficient (Wildman–Crippen LogP) is 3.20. The van der Waals surface area contributed by atoms with Gasteiger partial charge in [0.15, 0.2) is 5.69 Å². The lowest BCUT2D eigenvalue weighted by atomic mass is 10.1. The summed E-state index contributed by atoms with van der Waals surface area (Å²) in [4.78, 5) is 26.0. The van der Waals surface area contributed by atoms with Crippen LogP contribution in [0.1, 0.15) is 10.5 Å². The van der Waals surface area contributed by atoms with Crippen molar-refractivity contribution in [3.05, 3.63) is 72.9 Å². The number of carbonyl (C=O) groups excluding carboxylic acids is 1. The Bertz CT molecular complexity index is 1140. The second-order valence-corrected chi connectivity index (χ2v) is 6.22. The molecular formula is C21H18N6O2. The van der Waals surface area contributed by atoms with Crippen molar-refractivity contribution in [2.75, 3.05) is 12.4 Å². The van der Waals surface area contributed by atoms with Crippen LogP contribution in [0.3, 0.4) is 0 Å². The van der Waals surface area contributed by atoms with Gasteiger partial charge in [-0.3, -0.25) is 19.4 Å². The van der Waals surface area contributed by atoms with E-state index >= 15 is 0 Å². The number of pyridine rings is 3. The van der Waals surface area contributed by atoms with E-state index in [4.69, 9.17) is 4.74 Å². The maximum atomic E-state index is 13.0. The van der Waals surface area contributed by atoms with Crippen LogP contribution < -0.4 is 10.1 Å². The largest absolute Gasteiger partial charge is 0.494 e. The molecule has 4 aromatic rings. The minimum absolute atomic E-state index is 0.171. The van der Waals surface area contributed by atoms with E-state index in [1.807, 2.05) is 30.3 Å². The minimum Gasteiger partial charge on any atom is -0.494 e. The normalized spacial score (nSPS) is 10.6. The zero-order valence-electron chi connectivity index (χ0n) is 15.9. The number of aromatic nitrogens is 5. The van der Waals surface area contributed by atoms with Crippen LogP contribution in [0.4, 0.5) is 5.69 Å². The number of nitrogens with zero attached hydrogens (tertiary/aromatic N) is 5. The van der Waals surface area contributed by atoms with E-state index in [-0.39, 0.29) is 5.69 Å². The molecule has 0 aliphatic carbocycles. The van der Waals surface area contributed by atoms with E-state index < -0.39 is 5.91 Å². The molecule has 0 atom stereocenters. The monoisotopic (exact) mass is 386 g/mol. The first-order valence-electron chi connectivity index (χ1n) is 8.87. The van der Waals surface area contributed by atoms with Crippen LogP contribution >= 0.6 is 0 Å². The number of nitrogens with one attached hydrogen (secondary N) is 1. The number of aryl methyl sites for hydroxylation is 1. The van der Waals surface area contributed by atoms with Gasteiger partial charge in [0.2, 0.25) is 0 Å². The molecule has 0 aliphatic rings. The molecule has 144 valence electrons. The fourth-order valence-corrected chi connectivity index (χ4v) is 2.90. The lowest BCUT2D eigenvalue weighted by Crippen LogP contribution is -2.15. The first-order valence-corrected chi connectivity index (χ1v) is 8.87. The third-order valence-electron chi connectivity index (χ3n) is 4.24. The predicted molar refractivity (Wildman–Crippen MR) is 108 cm³/mol. The summed E-state index contributed by atoms with van der Waals surface area (Å²) in [5.41, 5.74) is 3.37. The van der Waals surface area contributed by atoms with Crippen LogP contribution in [0.15, 0.2) is 67.3 Å². The number of rotatable bonds is 5. The summed E-state index contributed by atoms with van der Waals surface area (Å²) in [6, 6.07) is 12.7. The molecule has 1 N–H and O–H groups in total. The van der Waals surface area contributed by atoms with Gasteiger partial charge in [-0.15, -0.1) is 0 Å². The van der Waals surface area contributed by atoms with E-state index in [0.717, 1.165) is 5.56 Å². The maximum absolute atomic E-state index is 13.0. The van der Waals surface area contributed by atoms with Gasteiger partial charge in [0.25, 0.3) is 5.91 Å². The van der Waals surface area contributed by atoms with Gasteiger partial charge in [0.05, 0.1) is 24.2 Å². The summed E-state index contributed by atoms with van der Waals surface area (Å²) in [5.74, 6) is -0.0313. The average Bonchev–Trinajstić information content (AvgIpc) is 3.14. The molecule has 0 bridgehead atoms. The van der Waals surface area contributed by atoms with Crippen LogP contribution in [0.5, 0.6) is 5.75 Å². The first-order chi connectivity index (χ1) is 14.2. The maximum Gasteiger partial charge on any atom is 0.278 e. The van der Waals surface area contributed by atoms with Gasteiger partial charge in [0.1, 0.15) is 11.4 Å². The highest BCUT2D eigenvalue weighted by atomic mass is 16.5. The van der Waals surface area contributed by atoms with Gasteiger partial charge >= 0.3 is 0 Å². The average molecular weight is 386 g/mol. The van der Waals surface area contributed by atoms with Crippen molar-refractivity contribution in [3.63, 3.8) is 0 Å². The Kier molecular flexibility index (Phi) is 4.98. The van der Waals surface area contributed by atoms with E-state index in [2.05, 4.69) is 25.4 Å². The van der Waals surface area contributed by atoms with E-state index in [1.54, 1.807) is 48.6 Å². The highest BCUT2D eigenvalue weighted by Gasteiger charge is 2.20. The molecule has 8 heteroatoms. The molecule has 29 heavy (non-hydrogen) atoms. The molecule has 8 nitrogen and oxygen atoms in total. The third-order valence-corrected chi connectivity index (χ3v) is 4.24. The van der Waals surface area contributed by atoms with Crippen molar-refractivity contribution in [3.8, 4) is 28.4 Å². The number of amides is 1. The number of hydrogen-bond acceptors (Lipinski definition) is 6. The molecule has 0 fully saturated rings. The summed E-state index contributed by atoms with van der Waals surface area (Å²) in [6.07, 6.45) is 6.77. The fourth-order valence-electron chi connectivity index (χ4n) is 2.90. The smallest absolute Gasteiger partial charge is 0.278 e. The van der Waals surface area contributed by atoms with E-state index in [1.165, 1.54) is 7.11 Å². The molecule has 4 rings (SSSR count). The van der Waals surface area contributed by atoms with Gasteiger partial charge in [0, 0.05) is 37.4 Å². The highest BCUT2D eigenvalue weighted by molar-refractivity contribution is 6.06. The molecule has 4 heterocycles. The lowest BCUT2D eigenvalue weighted by Gasteiger charge is -2.10. The fraction of sp³-hybridized carbons (Fsp3) is 0.0952. The number of anilines is 1. The van der Waals surface area contributed by atoms with Gasteiger partial charge < -0.3 is 10.1 Å². The van der Waals surface area contributed by atoms with E-state index in [0.29, 0.717) is 28.5 Å². The number of hydrogen-bond donors (Lipinski definition) is 1. The molecule has 0 radical (unpaired) electrons. The standard InChI is InChI=1S/C21H18N6O2/c1-27-13-17(19(26-27)16-7-3-4-11-23-16)25-21(28)20-18(29-2)9-8-15(24-20)14-6-5-10-22-12-14/h3-13H,1-2H3,(H,25,28). The Morgan fingerprint density at radius 3 is 2.69 bits per heavy atom. The Hall–Kier alpha value is -4.07. The summed E-state index contributed by atoms with van der Waals surface area (Å²) in [6.45, 7) is 0. The number of ether oxygens (including phenoxy) is 1. The van der Waals surface area contributed by atoms with Gasteiger partial charge in [-0.05, 0) is 36.4 Å². The molecular weight excluding hydrogens is 368 g/mol. The SMILES string of the molecule is COc1ccc(-c2cccnc2)nc1C(=O)Nc1cn(C)nc1-c1ccccn1. The molecule has 0 aromatic carbocycles. The molecule has 0 saturated heterocycles. The van der Waals surface area contributed by atoms with Crippen molar-refractivity contribution in [1.82, 2.24) is 24.7 Å². The lowest BCUT2D eigenvalue weighted by molar-refractivity contribution is 0.101. The zero-order chi connectivity index (χ0) is 20.2. The quantitative estimate of drug-likeness (QED) is 0.566. The summed E-state index contributed by atoms with van der Waals surface area (Å²) in [5, 5.41) is 7.29.